The maximum absolute atomic E-state index is 5.57. The first-order chi connectivity index (χ1) is 7.74. The number of ether oxygens (including phenoxy) is 1. The van der Waals surface area contributed by atoms with E-state index in [-0.39, 0.29) is 6.23 Å². The molecule has 0 radical (unpaired) electrons. The van der Waals surface area contributed by atoms with Crippen molar-refractivity contribution in [3.63, 3.8) is 0 Å². The van der Waals surface area contributed by atoms with Crippen molar-refractivity contribution in [1.82, 2.24) is 5.32 Å². The fourth-order valence-corrected chi connectivity index (χ4v) is 2.42. The fourth-order valence-electron chi connectivity index (χ4n) is 2.42. The number of methoxy groups -OCH3 is 1. The first kappa shape index (κ1) is 11.6. The molecule has 1 aliphatic rings. The van der Waals surface area contributed by atoms with Crippen molar-refractivity contribution in [2.24, 2.45) is 5.41 Å². The zero-order chi connectivity index (χ0) is 11.4. The highest BCUT2D eigenvalue weighted by molar-refractivity contribution is 5.14. The Morgan fingerprint density at radius 2 is 2.00 bits per heavy atom. The molecule has 0 bridgehead atoms. The quantitative estimate of drug-likeness (QED) is 0.769. The average Bonchev–Trinajstić information content (AvgIpc) is 2.29. The van der Waals surface area contributed by atoms with Crippen LogP contribution in [0.4, 0.5) is 0 Å². The Hall–Kier alpha value is -0.860. The van der Waals surface area contributed by atoms with Crippen molar-refractivity contribution in [2.75, 3.05) is 7.11 Å². The lowest BCUT2D eigenvalue weighted by atomic mass is 9.69. The third kappa shape index (κ3) is 2.45. The van der Waals surface area contributed by atoms with Crippen LogP contribution in [0.3, 0.4) is 0 Å². The molecule has 1 aromatic carbocycles. The molecule has 1 unspecified atom stereocenters. The van der Waals surface area contributed by atoms with E-state index in [1.165, 1.54) is 24.8 Å². The first-order valence-electron chi connectivity index (χ1n) is 6.05. The Kier molecular flexibility index (Phi) is 3.62. The van der Waals surface area contributed by atoms with Gasteiger partial charge in [0.15, 0.2) is 0 Å². The van der Waals surface area contributed by atoms with Crippen molar-refractivity contribution in [3.05, 3.63) is 35.9 Å². The van der Waals surface area contributed by atoms with Crippen molar-refractivity contribution in [2.45, 2.75) is 39.0 Å². The van der Waals surface area contributed by atoms with Crippen LogP contribution in [0, 0.1) is 5.41 Å². The zero-order valence-corrected chi connectivity index (χ0v) is 10.2. The molecule has 2 heteroatoms. The Morgan fingerprint density at radius 1 is 1.31 bits per heavy atom. The molecule has 1 aromatic rings. The molecule has 0 amide bonds. The Morgan fingerprint density at radius 3 is 2.50 bits per heavy atom. The van der Waals surface area contributed by atoms with Gasteiger partial charge in [-0.1, -0.05) is 43.7 Å². The summed E-state index contributed by atoms with van der Waals surface area (Å²) in [4.78, 5) is 0. The normalized spacial score (nSPS) is 20.1. The van der Waals surface area contributed by atoms with Gasteiger partial charge in [0, 0.05) is 19.1 Å². The zero-order valence-electron chi connectivity index (χ0n) is 10.2. The van der Waals surface area contributed by atoms with Crippen molar-refractivity contribution in [3.8, 4) is 0 Å². The Balaban J connectivity index is 1.88. The van der Waals surface area contributed by atoms with E-state index in [0.717, 1.165) is 6.54 Å². The van der Waals surface area contributed by atoms with E-state index in [2.05, 4.69) is 36.5 Å². The standard InChI is InChI=1S/C14H21NO/c1-14(9-6-10-14)13(16-2)15-11-12-7-4-3-5-8-12/h3-5,7-8,13,15H,6,9-11H2,1-2H3. The number of rotatable bonds is 5. The van der Waals surface area contributed by atoms with Crippen molar-refractivity contribution >= 4 is 0 Å². The Bertz CT molecular complexity index is 319. The van der Waals surface area contributed by atoms with Gasteiger partial charge in [-0.3, -0.25) is 5.32 Å². The fraction of sp³-hybridized carbons (Fsp3) is 0.571. The summed E-state index contributed by atoms with van der Waals surface area (Å²) in [6, 6.07) is 10.5. The number of benzene rings is 1. The van der Waals surface area contributed by atoms with Gasteiger partial charge in [0.25, 0.3) is 0 Å². The molecule has 2 nitrogen and oxygen atoms in total. The van der Waals surface area contributed by atoms with Crippen LogP contribution in [-0.2, 0) is 11.3 Å². The van der Waals surface area contributed by atoms with Gasteiger partial charge in [0.05, 0.1) is 0 Å². The van der Waals surface area contributed by atoms with Gasteiger partial charge in [-0.15, -0.1) is 0 Å². The largest absolute Gasteiger partial charge is 0.366 e. The summed E-state index contributed by atoms with van der Waals surface area (Å²) in [7, 11) is 1.80. The van der Waals surface area contributed by atoms with E-state index < -0.39 is 0 Å². The van der Waals surface area contributed by atoms with Gasteiger partial charge in [-0.05, 0) is 18.4 Å². The van der Waals surface area contributed by atoms with Crippen LogP contribution in [0.2, 0.25) is 0 Å². The van der Waals surface area contributed by atoms with Gasteiger partial charge in [-0.25, -0.2) is 0 Å². The second kappa shape index (κ2) is 4.98. The molecule has 0 aromatic heterocycles. The van der Waals surface area contributed by atoms with E-state index in [1.54, 1.807) is 7.11 Å². The summed E-state index contributed by atoms with van der Waals surface area (Å²) < 4.78 is 5.57. The minimum atomic E-state index is 0.182. The maximum Gasteiger partial charge on any atom is 0.113 e. The molecule has 88 valence electrons. The lowest BCUT2D eigenvalue weighted by molar-refractivity contribution is -0.0696. The summed E-state index contributed by atoms with van der Waals surface area (Å²) >= 11 is 0. The van der Waals surface area contributed by atoms with Crippen LogP contribution in [0.25, 0.3) is 0 Å². The molecule has 1 fully saturated rings. The topological polar surface area (TPSA) is 21.3 Å². The van der Waals surface area contributed by atoms with Crippen LogP contribution in [0.15, 0.2) is 30.3 Å². The third-order valence-corrected chi connectivity index (χ3v) is 3.70. The molecular weight excluding hydrogens is 198 g/mol. The average molecular weight is 219 g/mol. The molecule has 0 spiro atoms. The van der Waals surface area contributed by atoms with E-state index in [9.17, 15) is 0 Å². The monoisotopic (exact) mass is 219 g/mol. The van der Waals surface area contributed by atoms with Crippen LogP contribution in [-0.4, -0.2) is 13.3 Å². The van der Waals surface area contributed by atoms with Crippen LogP contribution in [0.5, 0.6) is 0 Å². The molecule has 1 atom stereocenters. The molecule has 2 rings (SSSR count). The van der Waals surface area contributed by atoms with E-state index in [0.29, 0.717) is 5.41 Å². The number of hydrogen-bond acceptors (Lipinski definition) is 2. The van der Waals surface area contributed by atoms with Gasteiger partial charge < -0.3 is 4.74 Å². The summed E-state index contributed by atoms with van der Waals surface area (Å²) in [5.41, 5.74) is 1.65. The highest BCUT2D eigenvalue weighted by Crippen LogP contribution is 2.43. The second-order valence-electron chi connectivity index (χ2n) is 4.99. The van der Waals surface area contributed by atoms with Crippen molar-refractivity contribution < 1.29 is 4.74 Å². The predicted octanol–water partition coefficient (Wildman–Crippen LogP) is 2.94. The lowest BCUT2D eigenvalue weighted by Crippen LogP contribution is -2.48. The molecule has 1 N–H and O–H groups in total. The summed E-state index contributed by atoms with van der Waals surface area (Å²) in [6.07, 6.45) is 4.06. The summed E-state index contributed by atoms with van der Waals surface area (Å²) in [5.74, 6) is 0. The molecule has 0 heterocycles. The number of hydrogen-bond donors (Lipinski definition) is 1. The SMILES string of the molecule is COC(NCc1ccccc1)C1(C)CCC1. The molecule has 1 saturated carbocycles. The third-order valence-electron chi connectivity index (χ3n) is 3.70. The molecule has 0 aliphatic heterocycles. The highest BCUT2D eigenvalue weighted by atomic mass is 16.5. The minimum Gasteiger partial charge on any atom is -0.366 e. The van der Waals surface area contributed by atoms with Crippen molar-refractivity contribution in [1.29, 1.82) is 0 Å². The summed E-state index contributed by atoms with van der Waals surface area (Å²) in [5, 5.41) is 3.51. The van der Waals surface area contributed by atoms with Gasteiger partial charge >= 0.3 is 0 Å². The van der Waals surface area contributed by atoms with Gasteiger partial charge in [-0.2, -0.15) is 0 Å². The van der Waals surface area contributed by atoms with Crippen LogP contribution < -0.4 is 5.32 Å². The van der Waals surface area contributed by atoms with Crippen LogP contribution in [0.1, 0.15) is 31.7 Å². The van der Waals surface area contributed by atoms with E-state index in [4.69, 9.17) is 4.74 Å². The second-order valence-corrected chi connectivity index (χ2v) is 4.99. The number of nitrogens with one attached hydrogen (secondary N) is 1. The first-order valence-corrected chi connectivity index (χ1v) is 6.05. The van der Waals surface area contributed by atoms with E-state index in [1.807, 2.05) is 6.07 Å². The molecule has 16 heavy (non-hydrogen) atoms. The van der Waals surface area contributed by atoms with Crippen LogP contribution >= 0.6 is 0 Å². The summed E-state index contributed by atoms with van der Waals surface area (Å²) in [6.45, 7) is 3.19. The van der Waals surface area contributed by atoms with E-state index >= 15 is 0 Å². The predicted molar refractivity (Wildman–Crippen MR) is 66.0 cm³/mol. The smallest absolute Gasteiger partial charge is 0.113 e. The Labute approximate surface area is 98.0 Å². The maximum atomic E-state index is 5.57. The molecular formula is C14H21NO. The highest BCUT2D eigenvalue weighted by Gasteiger charge is 2.39. The lowest BCUT2D eigenvalue weighted by Gasteiger charge is -2.44. The molecule has 1 aliphatic carbocycles. The molecule has 0 saturated heterocycles. The van der Waals surface area contributed by atoms with Gasteiger partial charge in [0.2, 0.25) is 0 Å². The van der Waals surface area contributed by atoms with Gasteiger partial charge in [0.1, 0.15) is 6.23 Å². The minimum absolute atomic E-state index is 0.182.